The number of aromatic nitrogens is 1. The summed E-state index contributed by atoms with van der Waals surface area (Å²) in [7, 11) is 0. The fourth-order valence-corrected chi connectivity index (χ4v) is 2.81. The van der Waals surface area contributed by atoms with E-state index in [9.17, 15) is 9.59 Å². The van der Waals surface area contributed by atoms with Crippen molar-refractivity contribution in [3.8, 4) is 0 Å². The summed E-state index contributed by atoms with van der Waals surface area (Å²) in [4.78, 5) is 30.3. The van der Waals surface area contributed by atoms with Crippen molar-refractivity contribution in [2.75, 3.05) is 31.1 Å². The first kappa shape index (κ1) is 15.3. The zero-order valence-corrected chi connectivity index (χ0v) is 13.3. The molecule has 5 heteroatoms. The molecule has 0 aliphatic carbocycles. The van der Waals surface area contributed by atoms with Crippen LogP contribution in [-0.2, 0) is 11.2 Å². The molecular formula is C18H21N3O2. The minimum absolute atomic E-state index is 0.0966. The Bertz CT molecular complexity index is 708. The Morgan fingerprint density at radius 3 is 2.35 bits per heavy atom. The Balaban J connectivity index is 1.55. The highest BCUT2D eigenvalue weighted by Gasteiger charge is 2.21. The molecule has 1 aliphatic rings. The van der Waals surface area contributed by atoms with Crippen LogP contribution in [0.2, 0.25) is 0 Å². The molecule has 1 amide bonds. The summed E-state index contributed by atoms with van der Waals surface area (Å²) in [5.41, 5.74) is 3.16. The highest BCUT2D eigenvalue weighted by molar-refractivity contribution is 5.79. The highest BCUT2D eigenvalue weighted by atomic mass is 16.2. The molecular weight excluding hydrogens is 290 g/mol. The van der Waals surface area contributed by atoms with E-state index in [2.05, 4.69) is 9.88 Å². The van der Waals surface area contributed by atoms with E-state index in [0.29, 0.717) is 19.5 Å². The first-order valence-electron chi connectivity index (χ1n) is 7.89. The van der Waals surface area contributed by atoms with Gasteiger partial charge in [0, 0.05) is 38.4 Å². The van der Waals surface area contributed by atoms with Gasteiger partial charge >= 0.3 is 0 Å². The Morgan fingerprint density at radius 2 is 1.74 bits per heavy atom. The van der Waals surface area contributed by atoms with Gasteiger partial charge < -0.3 is 14.8 Å². The van der Waals surface area contributed by atoms with Crippen LogP contribution in [0.15, 0.2) is 47.4 Å². The quantitative estimate of drug-likeness (QED) is 0.936. The number of piperazine rings is 1. The SMILES string of the molecule is Cc1ccc(CC(=O)N2CCN(c3ccc(=O)[nH]c3)CC2)cc1. The number of H-pyrrole nitrogens is 1. The van der Waals surface area contributed by atoms with E-state index < -0.39 is 0 Å². The molecule has 0 radical (unpaired) electrons. The lowest BCUT2D eigenvalue weighted by atomic mass is 10.1. The number of carbonyl (C=O) groups is 1. The van der Waals surface area contributed by atoms with E-state index in [1.165, 1.54) is 11.6 Å². The van der Waals surface area contributed by atoms with Crippen molar-refractivity contribution in [1.29, 1.82) is 0 Å². The van der Waals surface area contributed by atoms with E-state index in [1.807, 2.05) is 42.2 Å². The summed E-state index contributed by atoms with van der Waals surface area (Å²) in [5, 5.41) is 0. The van der Waals surface area contributed by atoms with Crippen molar-refractivity contribution in [1.82, 2.24) is 9.88 Å². The first-order chi connectivity index (χ1) is 11.1. The molecule has 0 bridgehead atoms. The number of nitrogens with zero attached hydrogens (tertiary/aromatic N) is 2. The van der Waals surface area contributed by atoms with Crippen LogP contribution in [0.25, 0.3) is 0 Å². The molecule has 3 rings (SSSR count). The minimum Gasteiger partial charge on any atom is -0.367 e. The number of rotatable bonds is 3. The average Bonchev–Trinajstić information content (AvgIpc) is 2.58. The second kappa shape index (κ2) is 6.69. The number of aryl methyl sites for hydroxylation is 1. The molecule has 1 N–H and O–H groups in total. The van der Waals surface area contributed by atoms with E-state index in [4.69, 9.17) is 0 Å². The Labute approximate surface area is 135 Å². The molecule has 1 aliphatic heterocycles. The standard InChI is InChI=1S/C18H21N3O2/c1-14-2-4-15(5-3-14)12-18(23)21-10-8-20(9-11-21)16-6-7-17(22)19-13-16/h2-7,13H,8-12H2,1H3,(H,19,22). The largest absolute Gasteiger partial charge is 0.367 e. The first-order valence-corrected chi connectivity index (χ1v) is 7.89. The van der Waals surface area contributed by atoms with Gasteiger partial charge in [-0.3, -0.25) is 9.59 Å². The van der Waals surface area contributed by atoms with Crippen molar-refractivity contribution in [3.63, 3.8) is 0 Å². The summed E-state index contributed by atoms with van der Waals surface area (Å²) in [6, 6.07) is 11.5. The van der Waals surface area contributed by atoms with Gasteiger partial charge in [0.2, 0.25) is 11.5 Å². The van der Waals surface area contributed by atoms with Gasteiger partial charge in [-0.1, -0.05) is 29.8 Å². The molecule has 1 fully saturated rings. The van der Waals surface area contributed by atoms with Crippen LogP contribution < -0.4 is 10.5 Å². The van der Waals surface area contributed by atoms with E-state index in [0.717, 1.165) is 24.3 Å². The number of hydrogen-bond donors (Lipinski definition) is 1. The molecule has 2 aromatic rings. The molecule has 0 atom stereocenters. The molecule has 120 valence electrons. The predicted octanol–water partition coefficient (Wildman–Crippen LogP) is 1.57. The number of benzene rings is 1. The third-order valence-electron chi connectivity index (χ3n) is 4.24. The third kappa shape index (κ3) is 3.80. The van der Waals surface area contributed by atoms with Crippen LogP contribution in [-0.4, -0.2) is 42.0 Å². The molecule has 0 spiro atoms. The van der Waals surface area contributed by atoms with Crippen LogP contribution in [0.1, 0.15) is 11.1 Å². The number of carbonyl (C=O) groups excluding carboxylic acids is 1. The molecule has 5 nitrogen and oxygen atoms in total. The molecule has 1 aromatic heterocycles. The van der Waals surface area contributed by atoms with E-state index >= 15 is 0 Å². The van der Waals surface area contributed by atoms with Crippen molar-refractivity contribution in [2.45, 2.75) is 13.3 Å². The molecule has 23 heavy (non-hydrogen) atoms. The summed E-state index contributed by atoms with van der Waals surface area (Å²) < 4.78 is 0. The second-order valence-corrected chi connectivity index (χ2v) is 5.94. The Kier molecular flexibility index (Phi) is 4.46. The lowest BCUT2D eigenvalue weighted by molar-refractivity contribution is -0.130. The smallest absolute Gasteiger partial charge is 0.248 e. The fourth-order valence-electron chi connectivity index (χ4n) is 2.81. The maximum absolute atomic E-state index is 12.4. The normalized spacial score (nSPS) is 14.8. The van der Waals surface area contributed by atoms with E-state index in [-0.39, 0.29) is 11.5 Å². The van der Waals surface area contributed by atoms with Crippen molar-refractivity contribution in [2.24, 2.45) is 0 Å². The van der Waals surface area contributed by atoms with E-state index in [1.54, 1.807) is 6.20 Å². The monoisotopic (exact) mass is 311 g/mol. The number of amides is 1. The topological polar surface area (TPSA) is 56.4 Å². The summed E-state index contributed by atoms with van der Waals surface area (Å²) >= 11 is 0. The van der Waals surface area contributed by atoms with Crippen LogP contribution in [0.4, 0.5) is 5.69 Å². The molecule has 2 heterocycles. The zero-order valence-electron chi connectivity index (χ0n) is 13.3. The van der Waals surface area contributed by atoms with Gasteiger partial charge in [0.1, 0.15) is 0 Å². The lowest BCUT2D eigenvalue weighted by Crippen LogP contribution is -2.49. The minimum atomic E-state index is -0.0966. The lowest BCUT2D eigenvalue weighted by Gasteiger charge is -2.36. The van der Waals surface area contributed by atoms with Gasteiger partial charge in [0.15, 0.2) is 0 Å². The Morgan fingerprint density at radius 1 is 1.04 bits per heavy atom. The number of anilines is 1. The highest BCUT2D eigenvalue weighted by Crippen LogP contribution is 2.14. The maximum Gasteiger partial charge on any atom is 0.248 e. The van der Waals surface area contributed by atoms with Crippen molar-refractivity contribution in [3.05, 3.63) is 64.1 Å². The number of hydrogen-bond acceptors (Lipinski definition) is 3. The predicted molar refractivity (Wildman–Crippen MR) is 90.7 cm³/mol. The number of nitrogens with one attached hydrogen (secondary N) is 1. The van der Waals surface area contributed by atoms with Gasteiger partial charge in [0.25, 0.3) is 0 Å². The maximum atomic E-state index is 12.4. The molecule has 0 unspecified atom stereocenters. The van der Waals surface area contributed by atoms with Gasteiger partial charge in [-0.05, 0) is 18.6 Å². The molecule has 1 aromatic carbocycles. The van der Waals surface area contributed by atoms with Gasteiger partial charge in [-0.15, -0.1) is 0 Å². The second-order valence-electron chi connectivity index (χ2n) is 5.94. The summed E-state index contributed by atoms with van der Waals surface area (Å²) in [5.74, 6) is 0.176. The summed E-state index contributed by atoms with van der Waals surface area (Å²) in [6.45, 7) is 5.03. The van der Waals surface area contributed by atoms with Crippen LogP contribution in [0, 0.1) is 6.92 Å². The number of pyridine rings is 1. The van der Waals surface area contributed by atoms with Crippen LogP contribution >= 0.6 is 0 Å². The molecule has 1 saturated heterocycles. The third-order valence-corrected chi connectivity index (χ3v) is 4.24. The van der Waals surface area contributed by atoms with Gasteiger partial charge in [-0.25, -0.2) is 0 Å². The molecule has 0 saturated carbocycles. The fraction of sp³-hybridized carbons (Fsp3) is 0.333. The van der Waals surface area contributed by atoms with Crippen LogP contribution in [0.3, 0.4) is 0 Å². The number of aromatic amines is 1. The average molecular weight is 311 g/mol. The van der Waals surface area contributed by atoms with Crippen LogP contribution in [0.5, 0.6) is 0 Å². The Hall–Kier alpha value is -2.56. The van der Waals surface area contributed by atoms with Gasteiger partial charge in [-0.2, -0.15) is 0 Å². The van der Waals surface area contributed by atoms with Gasteiger partial charge in [0.05, 0.1) is 12.1 Å². The van der Waals surface area contributed by atoms with Crippen molar-refractivity contribution >= 4 is 11.6 Å². The zero-order chi connectivity index (χ0) is 16.2. The van der Waals surface area contributed by atoms with Crippen molar-refractivity contribution < 1.29 is 4.79 Å². The summed E-state index contributed by atoms with van der Waals surface area (Å²) in [6.07, 6.45) is 2.19.